The van der Waals surface area contributed by atoms with Gasteiger partial charge in [-0.05, 0) is 40.1 Å². The summed E-state index contributed by atoms with van der Waals surface area (Å²) in [6.07, 6.45) is 5.88. The zero-order valence-electron chi connectivity index (χ0n) is 11.4. The number of allylic oxidation sites excluding steroid dienone is 1. The standard InChI is InChI=1S/C14H20BrN3O/c1-4-7-18-13(19)12(15)11(8-17-18)16-9-14(5-6-14)10(2)3/h4,8,10,16H,1,5-7,9H2,2-3H3. The number of aromatic nitrogens is 2. The molecule has 0 radical (unpaired) electrons. The number of nitrogens with one attached hydrogen (secondary N) is 1. The lowest BCUT2D eigenvalue weighted by molar-refractivity contribution is 0.380. The van der Waals surface area contributed by atoms with Gasteiger partial charge in [0.25, 0.3) is 5.56 Å². The molecule has 104 valence electrons. The molecule has 0 aromatic carbocycles. The maximum Gasteiger partial charge on any atom is 0.283 e. The number of halogens is 1. The molecule has 1 aliphatic carbocycles. The Morgan fingerprint density at radius 1 is 1.63 bits per heavy atom. The summed E-state index contributed by atoms with van der Waals surface area (Å²) in [5.74, 6) is 0.660. The second-order valence-corrected chi connectivity index (χ2v) is 6.31. The van der Waals surface area contributed by atoms with Crippen LogP contribution in [-0.4, -0.2) is 16.3 Å². The Labute approximate surface area is 122 Å². The average molecular weight is 326 g/mol. The molecule has 1 N–H and O–H groups in total. The van der Waals surface area contributed by atoms with Crippen LogP contribution < -0.4 is 10.9 Å². The molecule has 2 rings (SSSR count). The normalized spacial score (nSPS) is 16.4. The lowest BCUT2D eigenvalue weighted by Crippen LogP contribution is -2.26. The lowest BCUT2D eigenvalue weighted by atomic mass is 9.92. The van der Waals surface area contributed by atoms with Crippen molar-refractivity contribution in [3.05, 3.63) is 33.7 Å². The second kappa shape index (κ2) is 5.49. The van der Waals surface area contributed by atoms with Crippen LogP contribution in [0.15, 0.2) is 28.1 Å². The Bertz CT molecular complexity index is 532. The van der Waals surface area contributed by atoms with E-state index in [0.29, 0.717) is 22.4 Å². The Hall–Kier alpha value is -1.10. The predicted molar refractivity (Wildman–Crippen MR) is 81.4 cm³/mol. The molecule has 0 spiro atoms. The van der Waals surface area contributed by atoms with Gasteiger partial charge in [-0.1, -0.05) is 19.9 Å². The van der Waals surface area contributed by atoms with Crippen LogP contribution in [0.1, 0.15) is 26.7 Å². The Morgan fingerprint density at radius 3 is 2.84 bits per heavy atom. The quantitative estimate of drug-likeness (QED) is 0.818. The Kier molecular flexibility index (Phi) is 4.13. The van der Waals surface area contributed by atoms with E-state index in [4.69, 9.17) is 0 Å². The molecule has 0 amide bonds. The van der Waals surface area contributed by atoms with Gasteiger partial charge in [-0.25, -0.2) is 4.68 Å². The minimum Gasteiger partial charge on any atom is -0.382 e. The minimum absolute atomic E-state index is 0.126. The fourth-order valence-electron chi connectivity index (χ4n) is 2.23. The summed E-state index contributed by atoms with van der Waals surface area (Å²) in [6.45, 7) is 9.45. The van der Waals surface area contributed by atoms with Gasteiger partial charge >= 0.3 is 0 Å². The number of nitrogens with zero attached hydrogens (tertiary/aromatic N) is 2. The van der Waals surface area contributed by atoms with Crippen LogP contribution in [-0.2, 0) is 6.54 Å². The van der Waals surface area contributed by atoms with E-state index in [9.17, 15) is 4.79 Å². The van der Waals surface area contributed by atoms with Crippen molar-refractivity contribution in [1.82, 2.24) is 9.78 Å². The van der Waals surface area contributed by atoms with E-state index in [1.54, 1.807) is 12.3 Å². The van der Waals surface area contributed by atoms with Crippen LogP contribution in [0.25, 0.3) is 0 Å². The molecule has 4 nitrogen and oxygen atoms in total. The molecule has 0 atom stereocenters. The molecule has 0 saturated heterocycles. The summed E-state index contributed by atoms with van der Waals surface area (Å²) in [5.41, 5.74) is 1.05. The van der Waals surface area contributed by atoms with Crippen molar-refractivity contribution in [2.24, 2.45) is 11.3 Å². The van der Waals surface area contributed by atoms with Crippen molar-refractivity contribution in [2.45, 2.75) is 33.2 Å². The number of rotatable bonds is 6. The molecule has 5 heteroatoms. The zero-order valence-corrected chi connectivity index (χ0v) is 13.0. The fraction of sp³-hybridized carbons (Fsp3) is 0.571. The highest BCUT2D eigenvalue weighted by atomic mass is 79.9. The van der Waals surface area contributed by atoms with Gasteiger partial charge < -0.3 is 5.32 Å². The van der Waals surface area contributed by atoms with Crippen LogP contribution in [0, 0.1) is 11.3 Å². The largest absolute Gasteiger partial charge is 0.382 e. The maximum atomic E-state index is 12.0. The third-order valence-electron chi connectivity index (χ3n) is 4.03. The maximum absolute atomic E-state index is 12.0. The highest BCUT2D eigenvalue weighted by Gasteiger charge is 2.44. The molecule has 1 saturated carbocycles. The van der Waals surface area contributed by atoms with Crippen molar-refractivity contribution in [3.63, 3.8) is 0 Å². The summed E-state index contributed by atoms with van der Waals surface area (Å²) in [6, 6.07) is 0. The van der Waals surface area contributed by atoms with Gasteiger partial charge in [0, 0.05) is 6.54 Å². The van der Waals surface area contributed by atoms with Crippen molar-refractivity contribution >= 4 is 21.6 Å². The van der Waals surface area contributed by atoms with Gasteiger partial charge in [-0.3, -0.25) is 4.79 Å². The van der Waals surface area contributed by atoms with Gasteiger partial charge in [0.15, 0.2) is 0 Å². The Balaban J connectivity index is 2.12. The molecule has 0 aliphatic heterocycles. The minimum atomic E-state index is -0.126. The van der Waals surface area contributed by atoms with Gasteiger partial charge in [0.1, 0.15) is 4.47 Å². The van der Waals surface area contributed by atoms with Gasteiger partial charge in [-0.15, -0.1) is 6.58 Å². The number of anilines is 1. The molecule has 1 aromatic heterocycles. The van der Waals surface area contributed by atoms with E-state index in [2.05, 4.69) is 46.8 Å². The summed E-state index contributed by atoms with van der Waals surface area (Å²) in [5, 5.41) is 7.49. The number of hydrogen-bond acceptors (Lipinski definition) is 3. The van der Waals surface area contributed by atoms with Crippen molar-refractivity contribution < 1.29 is 0 Å². The van der Waals surface area contributed by atoms with Gasteiger partial charge in [0.05, 0.1) is 18.4 Å². The Morgan fingerprint density at radius 2 is 2.32 bits per heavy atom. The molecule has 1 aromatic rings. The molecule has 19 heavy (non-hydrogen) atoms. The first-order chi connectivity index (χ1) is 9.00. The van der Waals surface area contributed by atoms with E-state index in [0.717, 1.165) is 12.2 Å². The third kappa shape index (κ3) is 2.91. The summed E-state index contributed by atoms with van der Waals surface area (Å²) >= 11 is 3.36. The molecular formula is C14H20BrN3O. The van der Waals surface area contributed by atoms with E-state index in [1.165, 1.54) is 17.5 Å². The summed E-state index contributed by atoms with van der Waals surface area (Å²) < 4.78 is 1.93. The monoisotopic (exact) mass is 325 g/mol. The second-order valence-electron chi connectivity index (χ2n) is 5.52. The third-order valence-corrected chi connectivity index (χ3v) is 4.80. The van der Waals surface area contributed by atoms with E-state index >= 15 is 0 Å². The zero-order chi connectivity index (χ0) is 14.0. The summed E-state index contributed by atoms with van der Waals surface area (Å²) in [4.78, 5) is 12.0. The van der Waals surface area contributed by atoms with Gasteiger partial charge in [0.2, 0.25) is 0 Å². The highest BCUT2D eigenvalue weighted by molar-refractivity contribution is 9.10. The molecule has 1 fully saturated rings. The molecule has 0 bridgehead atoms. The SMILES string of the molecule is C=CCn1ncc(NCC2(C(C)C)CC2)c(Br)c1=O. The van der Waals surface area contributed by atoms with Crippen LogP contribution in [0.3, 0.4) is 0 Å². The topological polar surface area (TPSA) is 46.9 Å². The van der Waals surface area contributed by atoms with Crippen LogP contribution in [0.4, 0.5) is 5.69 Å². The van der Waals surface area contributed by atoms with Crippen molar-refractivity contribution in [2.75, 3.05) is 11.9 Å². The number of hydrogen-bond donors (Lipinski definition) is 1. The van der Waals surface area contributed by atoms with Crippen molar-refractivity contribution in [3.8, 4) is 0 Å². The molecular weight excluding hydrogens is 306 g/mol. The lowest BCUT2D eigenvalue weighted by Gasteiger charge is -2.21. The molecule has 0 unspecified atom stereocenters. The summed E-state index contributed by atoms with van der Waals surface area (Å²) in [7, 11) is 0. The van der Waals surface area contributed by atoms with E-state index in [-0.39, 0.29) is 5.56 Å². The first-order valence-electron chi connectivity index (χ1n) is 6.60. The van der Waals surface area contributed by atoms with E-state index in [1.807, 2.05) is 0 Å². The smallest absolute Gasteiger partial charge is 0.283 e. The average Bonchev–Trinajstić information content (AvgIpc) is 3.15. The van der Waals surface area contributed by atoms with Gasteiger partial charge in [-0.2, -0.15) is 5.10 Å². The fourth-order valence-corrected chi connectivity index (χ4v) is 2.68. The highest BCUT2D eigenvalue weighted by Crippen LogP contribution is 2.51. The van der Waals surface area contributed by atoms with Crippen molar-refractivity contribution in [1.29, 1.82) is 0 Å². The van der Waals surface area contributed by atoms with Crippen LogP contribution in [0.5, 0.6) is 0 Å². The van der Waals surface area contributed by atoms with E-state index < -0.39 is 0 Å². The van der Waals surface area contributed by atoms with Crippen LogP contribution >= 0.6 is 15.9 Å². The first-order valence-corrected chi connectivity index (χ1v) is 7.40. The van der Waals surface area contributed by atoms with Crippen LogP contribution in [0.2, 0.25) is 0 Å². The molecule has 1 heterocycles. The predicted octanol–water partition coefficient (Wildman–Crippen LogP) is 3.04. The molecule has 1 aliphatic rings. The first kappa shape index (κ1) is 14.3.